The third-order valence-electron chi connectivity index (χ3n) is 5.77. The highest BCUT2D eigenvalue weighted by Gasteiger charge is 2.48. The van der Waals surface area contributed by atoms with Crippen molar-refractivity contribution in [3.63, 3.8) is 0 Å². The molecule has 2 saturated carbocycles. The molecule has 24 heavy (non-hydrogen) atoms. The summed E-state index contributed by atoms with van der Waals surface area (Å²) in [4.78, 5) is 25.3. The Morgan fingerprint density at radius 3 is 2.12 bits per heavy atom. The molecule has 0 heterocycles. The van der Waals surface area contributed by atoms with Gasteiger partial charge >= 0.3 is 11.9 Å². The molecule has 0 aromatic heterocycles. The van der Waals surface area contributed by atoms with Crippen LogP contribution >= 0.6 is 0 Å². The molecule has 0 aromatic carbocycles. The molecule has 2 rings (SSSR count). The van der Waals surface area contributed by atoms with E-state index >= 15 is 0 Å². The number of hydrogen-bond donors (Lipinski definition) is 0. The van der Waals surface area contributed by atoms with E-state index in [0.29, 0.717) is 25.0 Å². The van der Waals surface area contributed by atoms with Crippen LogP contribution in [0.2, 0.25) is 0 Å². The van der Waals surface area contributed by atoms with Gasteiger partial charge in [-0.3, -0.25) is 9.59 Å². The van der Waals surface area contributed by atoms with E-state index in [1.54, 1.807) is 0 Å². The normalized spacial score (nSPS) is 29.6. The lowest BCUT2D eigenvalue weighted by atomic mass is 9.61. The van der Waals surface area contributed by atoms with Crippen LogP contribution < -0.4 is 0 Å². The molecule has 138 valence electrons. The van der Waals surface area contributed by atoms with Crippen molar-refractivity contribution in [1.82, 2.24) is 0 Å². The summed E-state index contributed by atoms with van der Waals surface area (Å²) >= 11 is 0. The first-order chi connectivity index (χ1) is 11.7. The number of ether oxygens (including phenoxy) is 2. The highest BCUT2D eigenvalue weighted by molar-refractivity contribution is 5.82. The Hall–Kier alpha value is -1.06. The van der Waals surface area contributed by atoms with Gasteiger partial charge in [-0.1, -0.05) is 46.0 Å². The Morgan fingerprint density at radius 1 is 0.833 bits per heavy atom. The Bertz CT molecular complexity index is 406. The number of esters is 2. The van der Waals surface area contributed by atoms with Crippen molar-refractivity contribution >= 4 is 11.9 Å². The lowest BCUT2D eigenvalue weighted by Gasteiger charge is -2.43. The number of unbranched alkanes of at least 4 members (excludes halogenated alkanes) is 2. The SMILES string of the molecule is CCCCOC(=O)C1CCC2CCCCC2C1C(=O)OCCCC. The fraction of sp³-hybridized carbons (Fsp3) is 0.900. The zero-order chi connectivity index (χ0) is 17.4. The van der Waals surface area contributed by atoms with Gasteiger partial charge in [-0.2, -0.15) is 0 Å². The van der Waals surface area contributed by atoms with Crippen molar-refractivity contribution in [3.05, 3.63) is 0 Å². The number of carbonyl (C=O) groups is 2. The molecule has 2 fully saturated rings. The number of carbonyl (C=O) groups excluding carboxylic acids is 2. The van der Waals surface area contributed by atoms with Crippen LogP contribution in [0.15, 0.2) is 0 Å². The summed E-state index contributed by atoms with van der Waals surface area (Å²) in [6.45, 7) is 5.10. The minimum absolute atomic E-state index is 0.155. The fourth-order valence-corrected chi connectivity index (χ4v) is 4.38. The van der Waals surface area contributed by atoms with E-state index in [-0.39, 0.29) is 23.8 Å². The lowest BCUT2D eigenvalue weighted by molar-refractivity contribution is -0.168. The molecular weight excluding hydrogens is 304 g/mol. The van der Waals surface area contributed by atoms with E-state index in [1.165, 1.54) is 12.8 Å². The minimum Gasteiger partial charge on any atom is -0.465 e. The highest BCUT2D eigenvalue weighted by atomic mass is 16.5. The number of rotatable bonds is 8. The van der Waals surface area contributed by atoms with Gasteiger partial charge in [0.15, 0.2) is 0 Å². The molecule has 0 N–H and O–H groups in total. The second-order valence-corrected chi connectivity index (χ2v) is 7.46. The first kappa shape index (κ1) is 19.3. The third kappa shape index (κ3) is 4.97. The molecule has 0 bridgehead atoms. The van der Waals surface area contributed by atoms with Crippen LogP contribution in [0.25, 0.3) is 0 Å². The number of hydrogen-bond acceptors (Lipinski definition) is 4. The number of fused-ring (bicyclic) bond motifs is 1. The smallest absolute Gasteiger partial charge is 0.310 e. The summed E-state index contributed by atoms with van der Waals surface area (Å²) in [7, 11) is 0. The van der Waals surface area contributed by atoms with Gasteiger partial charge in [0.05, 0.1) is 25.0 Å². The fourth-order valence-electron chi connectivity index (χ4n) is 4.38. The van der Waals surface area contributed by atoms with Crippen LogP contribution in [0.1, 0.15) is 78.1 Å². The Labute approximate surface area is 146 Å². The van der Waals surface area contributed by atoms with E-state index < -0.39 is 0 Å². The third-order valence-corrected chi connectivity index (χ3v) is 5.77. The molecule has 4 atom stereocenters. The van der Waals surface area contributed by atoms with E-state index in [1.807, 2.05) is 0 Å². The van der Waals surface area contributed by atoms with Crippen molar-refractivity contribution < 1.29 is 19.1 Å². The molecule has 0 spiro atoms. The van der Waals surface area contributed by atoms with E-state index in [0.717, 1.165) is 51.4 Å². The van der Waals surface area contributed by atoms with Gasteiger partial charge in [-0.25, -0.2) is 0 Å². The van der Waals surface area contributed by atoms with E-state index in [4.69, 9.17) is 9.47 Å². The second kappa shape index (κ2) is 10.0. The Kier molecular flexibility index (Phi) is 8.07. The van der Waals surface area contributed by atoms with Gasteiger partial charge in [-0.15, -0.1) is 0 Å². The summed E-state index contributed by atoms with van der Waals surface area (Å²) in [6.07, 6.45) is 10.3. The van der Waals surface area contributed by atoms with Crippen LogP contribution in [0.4, 0.5) is 0 Å². The molecule has 4 unspecified atom stereocenters. The summed E-state index contributed by atoms with van der Waals surface area (Å²) in [5, 5.41) is 0. The predicted molar refractivity (Wildman–Crippen MR) is 93.4 cm³/mol. The molecule has 2 aliphatic rings. The van der Waals surface area contributed by atoms with Crippen molar-refractivity contribution in [2.24, 2.45) is 23.7 Å². The molecule has 0 aromatic rings. The molecule has 0 saturated heterocycles. The van der Waals surface area contributed by atoms with Crippen molar-refractivity contribution in [2.45, 2.75) is 78.1 Å². The zero-order valence-corrected chi connectivity index (χ0v) is 15.4. The average molecular weight is 338 g/mol. The first-order valence-corrected chi connectivity index (χ1v) is 10.0. The average Bonchev–Trinajstić information content (AvgIpc) is 2.61. The molecular formula is C20H34O4. The zero-order valence-electron chi connectivity index (χ0n) is 15.4. The van der Waals surface area contributed by atoms with E-state index in [9.17, 15) is 9.59 Å². The van der Waals surface area contributed by atoms with Crippen LogP contribution in [0.3, 0.4) is 0 Å². The summed E-state index contributed by atoms with van der Waals surface area (Å²) in [5.41, 5.74) is 0. The topological polar surface area (TPSA) is 52.6 Å². The Balaban J connectivity index is 2.05. The standard InChI is InChI=1S/C20H34O4/c1-3-5-13-23-19(21)17-12-11-15-9-7-8-10-16(15)18(17)20(22)24-14-6-4-2/h15-18H,3-14H2,1-2H3. The van der Waals surface area contributed by atoms with Crippen LogP contribution in [-0.2, 0) is 19.1 Å². The molecule has 0 radical (unpaired) electrons. The van der Waals surface area contributed by atoms with E-state index in [2.05, 4.69) is 13.8 Å². The summed E-state index contributed by atoms with van der Waals surface area (Å²) < 4.78 is 11.0. The molecule has 0 amide bonds. The predicted octanol–water partition coefficient (Wildman–Crippen LogP) is 4.51. The second-order valence-electron chi connectivity index (χ2n) is 7.46. The molecule has 2 aliphatic carbocycles. The maximum absolute atomic E-state index is 12.7. The van der Waals surface area contributed by atoms with Crippen LogP contribution in [-0.4, -0.2) is 25.2 Å². The maximum Gasteiger partial charge on any atom is 0.310 e. The highest BCUT2D eigenvalue weighted by Crippen LogP contribution is 2.47. The van der Waals surface area contributed by atoms with Gasteiger partial charge in [0.2, 0.25) is 0 Å². The molecule has 4 nitrogen and oxygen atoms in total. The van der Waals surface area contributed by atoms with Gasteiger partial charge in [0.25, 0.3) is 0 Å². The van der Waals surface area contributed by atoms with Crippen LogP contribution in [0, 0.1) is 23.7 Å². The molecule has 0 aliphatic heterocycles. The maximum atomic E-state index is 12.7. The van der Waals surface area contributed by atoms with Gasteiger partial charge in [-0.05, 0) is 43.9 Å². The lowest BCUT2D eigenvalue weighted by Crippen LogP contribution is -2.45. The minimum atomic E-state index is -0.296. The largest absolute Gasteiger partial charge is 0.465 e. The van der Waals surface area contributed by atoms with Gasteiger partial charge < -0.3 is 9.47 Å². The van der Waals surface area contributed by atoms with Crippen molar-refractivity contribution in [2.75, 3.05) is 13.2 Å². The van der Waals surface area contributed by atoms with Crippen molar-refractivity contribution in [1.29, 1.82) is 0 Å². The van der Waals surface area contributed by atoms with Crippen molar-refractivity contribution in [3.8, 4) is 0 Å². The Morgan fingerprint density at radius 2 is 1.46 bits per heavy atom. The molecule has 4 heteroatoms. The van der Waals surface area contributed by atoms with Gasteiger partial charge in [0, 0.05) is 0 Å². The quantitative estimate of drug-likeness (QED) is 0.483. The summed E-state index contributed by atoms with van der Waals surface area (Å²) in [6, 6.07) is 0. The first-order valence-electron chi connectivity index (χ1n) is 10.0. The summed E-state index contributed by atoms with van der Waals surface area (Å²) in [5.74, 6) is -0.0136. The van der Waals surface area contributed by atoms with Crippen LogP contribution in [0.5, 0.6) is 0 Å². The monoisotopic (exact) mass is 338 g/mol. The van der Waals surface area contributed by atoms with Gasteiger partial charge in [0.1, 0.15) is 0 Å².